The zero-order chi connectivity index (χ0) is 23.2. The van der Waals surface area contributed by atoms with Crippen molar-refractivity contribution in [3.8, 4) is 0 Å². The van der Waals surface area contributed by atoms with Crippen molar-refractivity contribution >= 4 is 11.8 Å². The number of ketones is 1. The van der Waals surface area contributed by atoms with Crippen LogP contribution in [0.1, 0.15) is 51.4 Å². The monoisotopic (exact) mass is 436 g/mol. The normalized spacial score (nSPS) is 43.8. The molecule has 0 saturated heterocycles. The number of aliphatic hydroxyl groups is 2. The number of benzene rings is 1. The fourth-order valence-corrected chi connectivity index (χ4v) is 7.36. The average Bonchev–Trinajstić information content (AvgIpc) is 3.25. The highest BCUT2D eigenvalue weighted by molar-refractivity contribution is 5.97. The van der Waals surface area contributed by atoms with Crippen LogP contribution in [0.4, 0.5) is 0 Å². The molecular weight excluding hydrogens is 404 g/mol. The molecule has 2 bridgehead atoms. The van der Waals surface area contributed by atoms with Crippen LogP contribution in [-0.2, 0) is 9.53 Å². The third-order valence-corrected chi connectivity index (χ3v) is 9.11. The fourth-order valence-electron chi connectivity index (χ4n) is 7.36. The molecule has 2 saturated carbocycles. The Labute approximate surface area is 189 Å². The maximum Gasteiger partial charge on any atom is 0.338 e. The predicted octanol–water partition coefficient (Wildman–Crippen LogP) is 3.71. The average molecular weight is 437 g/mol. The van der Waals surface area contributed by atoms with E-state index in [-0.39, 0.29) is 29.0 Å². The van der Waals surface area contributed by atoms with E-state index >= 15 is 0 Å². The van der Waals surface area contributed by atoms with Gasteiger partial charge in [-0.15, -0.1) is 0 Å². The number of Topliss-reactive ketones (excluding diaryl/α,β-unsaturated/α-hetero) is 1. The summed E-state index contributed by atoms with van der Waals surface area (Å²) in [6.07, 6.45) is 1.89. The van der Waals surface area contributed by atoms with Crippen LogP contribution >= 0.6 is 0 Å². The van der Waals surface area contributed by atoms with Crippen molar-refractivity contribution in [2.75, 3.05) is 0 Å². The van der Waals surface area contributed by atoms with Gasteiger partial charge in [-0.2, -0.15) is 0 Å². The highest BCUT2D eigenvalue weighted by atomic mass is 16.6. The molecule has 170 valence electrons. The molecule has 4 aliphatic carbocycles. The van der Waals surface area contributed by atoms with E-state index in [0.717, 1.165) is 6.42 Å². The smallest absolute Gasteiger partial charge is 0.338 e. The molecule has 1 aromatic rings. The fraction of sp³-hybridized carbons (Fsp3) is 0.556. The van der Waals surface area contributed by atoms with Gasteiger partial charge in [0.25, 0.3) is 0 Å². The lowest BCUT2D eigenvalue weighted by Gasteiger charge is -2.50. The minimum absolute atomic E-state index is 0.0433. The molecular formula is C27H32O5. The molecule has 0 amide bonds. The van der Waals surface area contributed by atoms with Gasteiger partial charge in [0.1, 0.15) is 12.2 Å². The first-order chi connectivity index (χ1) is 15.0. The molecule has 2 N–H and O–H groups in total. The summed E-state index contributed by atoms with van der Waals surface area (Å²) >= 11 is 0. The van der Waals surface area contributed by atoms with E-state index in [4.69, 9.17) is 4.74 Å². The van der Waals surface area contributed by atoms with Gasteiger partial charge >= 0.3 is 5.97 Å². The van der Waals surface area contributed by atoms with Crippen LogP contribution in [0, 0.1) is 34.5 Å². The van der Waals surface area contributed by atoms with E-state index < -0.39 is 29.2 Å². The Balaban J connectivity index is 1.72. The molecule has 0 aliphatic heterocycles. The summed E-state index contributed by atoms with van der Waals surface area (Å²) in [6, 6.07) is 8.54. The van der Waals surface area contributed by atoms with Gasteiger partial charge in [0, 0.05) is 5.92 Å². The van der Waals surface area contributed by atoms with Crippen molar-refractivity contribution in [1.29, 1.82) is 0 Å². The predicted molar refractivity (Wildman–Crippen MR) is 120 cm³/mol. The van der Waals surface area contributed by atoms with Crippen molar-refractivity contribution in [1.82, 2.24) is 0 Å². The number of carbonyl (C=O) groups is 2. The number of hydrogen-bond acceptors (Lipinski definition) is 5. The number of esters is 1. The molecule has 0 heterocycles. The van der Waals surface area contributed by atoms with Crippen LogP contribution in [0.5, 0.6) is 0 Å². The second-order valence-electron chi connectivity index (χ2n) is 11.0. The maximum absolute atomic E-state index is 14.4. The zero-order valence-electron chi connectivity index (χ0n) is 19.3. The highest BCUT2D eigenvalue weighted by Gasteiger charge is 2.77. The Hall–Kier alpha value is -2.24. The van der Waals surface area contributed by atoms with Crippen LogP contribution in [0.15, 0.2) is 53.6 Å². The number of allylic oxidation sites excluding steroid dienone is 1. The van der Waals surface area contributed by atoms with E-state index in [1.54, 1.807) is 44.2 Å². The lowest BCUT2D eigenvalue weighted by atomic mass is 9.58. The SMILES string of the molecule is CC1=CC2C(=O)C3(C=C(C)C(O)C3(OC(=O)c3ccccc3)C1O)C(C)CC1C2C1(C)C. The molecule has 8 unspecified atom stereocenters. The van der Waals surface area contributed by atoms with Crippen molar-refractivity contribution in [2.45, 2.75) is 58.8 Å². The van der Waals surface area contributed by atoms with Crippen LogP contribution in [0.2, 0.25) is 0 Å². The Bertz CT molecular complexity index is 1050. The highest BCUT2D eigenvalue weighted by Crippen LogP contribution is 2.72. The number of aliphatic hydroxyl groups excluding tert-OH is 2. The number of fused-ring (bicyclic) bond motifs is 3. The van der Waals surface area contributed by atoms with Crippen LogP contribution in [-0.4, -0.2) is 39.8 Å². The third kappa shape index (κ3) is 2.41. The second kappa shape index (κ2) is 6.64. The summed E-state index contributed by atoms with van der Waals surface area (Å²) in [5, 5.41) is 23.2. The van der Waals surface area contributed by atoms with E-state index in [1.807, 2.05) is 19.1 Å². The molecule has 5 nitrogen and oxygen atoms in total. The molecule has 1 spiro atoms. The summed E-state index contributed by atoms with van der Waals surface area (Å²) in [5.41, 5.74) is -1.58. The maximum atomic E-state index is 14.4. The molecule has 1 aromatic carbocycles. The van der Waals surface area contributed by atoms with Crippen LogP contribution < -0.4 is 0 Å². The minimum atomic E-state index is -1.79. The summed E-state index contributed by atoms with van der Waals surface area (Å²) in [7, 11) is 0. The summed E-state index contributed by atoms with van der Waals surface area (Å²) in [5.74, 6) is -0.715. The molecule has 0 radical (unpaired) electrons. The van der Waals surface area contributed by atoms with Gasteiger partial charge in [-0.1, -0.05) is 51.1 Å². The Morgan fingerprint density at radius 3 is 2.34 bits per heavy atom. The van der Waals surface area contributed by atoms with Crippen LogP contribution in [0.25, 0.3) is 0 Å². The lowest BCUT2D eigenvalue weighted by molar-refractivity contribution is -0.190. The quantitative estimate of drug-likeness (QED) is 0.546. The molecule has 32 heavy (non-hydrogen) atoms. The van der Waals surface area contributed by atoms with Gasteiger partial charge in [-0.25, -0.2) is 4.79 Å². The van der Waals surface area contributed by atoms with E-state index in [0.29, 0.717) is 22.6 Å². The van der Waals surface area contributed by atoms with Gasteiger partial charge in [0.2, 0.25) is 0 Å². The first-order valence-electron chi connectivity index (χ1n) is 11.6. The van der Waals surface area contributed by atoms with Gasteiger partial charge in [0.05, 0.1) is 11.0 Å². The van der Waals surface area contributed by atoms with Crippen molar-refractivity contribution in [2.24, 2.45) is 34.5 Å². The van der Waals surface area contributed by atoms with Crippen LogP contribution in [0.3, 0.4) is 0 Å². The molecule has 0 aromatic heterocycles. The van der Waals surface area contributed by atoms with Crippen molar-refractivity contribution in [3.05, 3.63) is 59.2 Å². The molecule has 4 aliphatic rings. The van der Waals surface area contributed by atoms with Gasteiger partial charge in [0.15, 0.2) is 11.4 Å². The topological polar surface area (TPSA) is 83.8 Å². The van der Waals surface area contributed by atoms with E-state index in [1.165, 1.54) is 0 Å². The van der Waals surface area contributed by atoms with E-state index in [9.17, 15) is 19.8 Å². The summed E-state index contributed by atoms with van der Waals surface area (Å²) in [6.45, 7) is 9.95. The molecule has 5 rings (SSSR count). The first-order valence-corrected chi connectivity index (χ1v) is 11.6. The summed E-state index contributed by atoms with van der Waals surface area (Å²) in [4.78, 5) is 27.7. The van der Waals surface area contributed by atoms with Gasteiger partial charge in [-0.3, -0.25) is 4.79 Å². The number of ether oxygens (including phenoxy) is 1. The number of carbonyl (C=O) groups excluding carboxylic acids is 2. The Kier molecular flexibility index (Phi) is 4.48. The number of hydrogen-bond donors (Lipinski definition) is 2. The molecule has 5 heteroatoms. The lowest BCUT2D eigenvalue weighted by Crippen LogP contribution is -2.67. The molecule has 8 atom stereocenters. The minimum Gasteiger partial charge on any atom is -0.448 e. The van der Waals surface area contributed by atoms with Crippen molar-refractivity contribution < 1.29 is 24.5 Å². The van der Waals surface area contributed by atoms with Gasteiger partial charge < -0.3 is 14.9 Å². The Morgan fingerprint density at radius 2 is 1.69 bits per heavy atom. The Morgan fingerprint density at radius 1 is 1.06 bits per heavy atom. The standard InChI is InChI=1S/C27H32O5/c1-14-11-18-20-19(25(20,4)5)12-16(3)26(23(18)30)13-15(2)22(29)27(26,21(14)28)32-24(31)17-9-7-6-8-10-17/h6-11,13,16,18-22,28-29H,12H2,1-5H3. The largest absolute Gasteiger partial charge is 0.448 e. The summed E-state index contributed by atoms with van der Waals surface area (Å²) < 4.78 is 6.16. The van der Waals surface area contributed by atoms with Gasteiger partial charge in [-0.05, 0) is 66.7 Å². The second-order valence-corrected chi connectivity index (χ2v) is 11.0. The van der Waals surface area contributed by atoms with Crippen molar-refractivity contribution in [3.63, 3.8) is 0 Å². The molecule has 2 fully saturated rings. The zero-order valence-corrected chi connectivity index (χ0v) is 19.3. The third-order valence-electron chi connectivity index (χ3n) is 9.11. The number of rotatable bonds is 2. The first kappa shape index (κ1) is 21.6. The van der Waals surface area contributed by atoms with E-state index in [2.05, 4.69) is 13.8 Å².